The maximum atomic E-state index is 13.1. The van der Waals surface area contributed by atoms with Crippen molar-refractivity contribution in [3.8, 4) is 0 Å². The summed E-state index contributed by atoms with van der Waals surface area (Å²) >= 11 is 1.57. The number of aromatic nitrogens is 1. The molecular weight excluding hydrogens is 386 g/mol. The van der Waals surface area contributed by atoms with Crippen LogP contribution >= 0.6 is 11.3 Å². The van der Waals surface area contributed by atoms with Gasteiger partial charge in [-0.3, -0.25) is 15.1 Å². The van der Waals surface area contributed by atoms with E-state index in [1.807, 2.05) is 59.1 Å². The van der Waals surface area contributed by atoms with Gasteiger partial charge >= 0.3 is 5.97 Å². The molecule has 6 nitrogen and oxygen atoms in total. The van der Waals surface area contributed by atoms with Crippen LogP contribution < -0.4 is 10.6 Å². The molecule has 3 atom stereocenters. The lowest BCUT2D eigenvalue weighted by Gasteiger charge is -2.26. The largest absolute Gasteiger partial charge is 0.453 e. The maximum Gasteiger partial charge on any atom is 0.340 e. The Bertz CT molecular complexity index is 924. The van der Waals surface area contributed by atoms with E-state index in [1.54, 1.807) is 17.5 Å². The van der Waals surface area contributed by atoms with Gasteiger partial charge in [-0.25, -0.2) is 4.79 Å². The molecule has 1 amide bonds. The molecule has 0 saturated carbocycles. The number of ether oxygens (including phenoxy) is 1. The SMILES string of the molecule is CCc1cnc(C2NC(=O)C(C)(C(C)C)N2)c(C(=O)OC(C)c2cc(C)cs2)c1. The Balaban J connectivity index is 1.90. The quantitative estimate of drug-likeness (QED) is 0.696. The number of hydrogen-bond donors (Lipinski definition) is 2. The van der Waals surface area contributed by atoms with Gasteiger partial charge in [-0.05, 0) is 61.7 Å². The highest BCUT2D eigenvalue weighted by Crippen LogP contribution is 2.30. The summed E-state index contributed by atoms with van der Waals surface area (Å²) in [6.45, 7) is 11.7. The van der Waals surface area contributed by atoms with Crippen LogP contribution in [0.4, 0.5) is 0 Å². The Morgan fingerprint density at radius 3 is 2.62 bits per heavy atom. The lowest BCUT2D eigenvalue weighted by atomic mass is 9.89. The van der Waals surface area contributed by atoms with Crippen LogP contribution in [-0.4, -0.2) is 22.4 Å². The van der Waals surface area contributed by atoms with Crippen molar-refractivity contribution in [2.24, 2.45) is 5.92 Å². The number of nitrogens with zero attached hydrogens (tertiary/aromatic N) is 1. The normalized spacial score (nSPS) is 22.6. The molecule has 3 heterocycles. The number of carbonyl (C=O) groups is 2. The van der Waals surface area contributed by atoms with Crippen LogP contribution in [0.3, 0.4) is 0 Å². The number of pyridine rings is 1. The monoisotopic (exact) mass is 415 g/mol. The third kappa shape index (κ3) is 4.21. The topological polar surface area (TPSA) is 80.3 Å². The third-order valence-corrected chi connectivity index (χ3v) is 6.87. The molecule has 0 aromatic carbocycles. The maximum absolute atomic E-state index is 13.1. The Labute approximate surface area is 176 Å². The molecule has 1 aliphatic heterocycles. The van der Waals surface area contributed by atoms with Crippen LogP contribution in [0.1, 0.15) is 78.9 Å². The Morgan fingerprint density at radius 1 is 1.34 bits per heavy atom. The fourth-order valence-electron chi connectivity index (χ4n) is 3.30. The first-order valence-electron chi connectivity index (χ1n) is 9.99. The Morgan fingerprint density at radius 2 is 2.07 bits per heavy atom. The van der Waals surface area contributed by atoms with Crippen molar-refractivity contribution in [3.63, 3.8) is 0 Å². The van der Waals surface area contributed by atoms with Crippen molar-refractivity contribution in [1.82, 2.24) is 15.6 Å². The fourth-order valence-corrected chi connectivity index (χ4v) is 4.19. The standard InChI is InChI=1S/C22H29N3O3S/c1-7-15-9-16(20(26)28-14(5)17-8-13(4)11-29-17)18(23-10-15)19-24-21(27)22(6,25-19)12(2)3/h8-12,14,19,25H,7H2,1-6H3,(H,24,27). The molecule has 29 heavy (non-hydrogen) atoms. The van der Waals surface area contributed by atoms with Crippen molar-refractivity contribution in [2.45, 2.75) is 65.8 Å². The highest BCUT2D eigenvalue weighted by atomic mass is 32.1. The zero-order valence-electron chi connectivity index (χ0n) is 17.8. The number of carbonyl (C=O) groups excluding carboxylic acids is 2. The molecule has 2 aromatic rings. The van der Waals surface area contributed by atoms with Gasteiger partial charge < -0.3 is 10.1 Å². The molecule has 0 radical (unpaired) electrons. The van der Waals surface area contributed by atoms with Crippen LogP contribution in [0.15, 0.2) is 23.7 Å². The van der Waals surface area contributed by atoms with Crippen molar-refractivity contribution >= 4 is 23.2 Å². The summed E-state index contributed by atoms with van der Waals surface area (Å²) < 4.78 is 5.75. The predicted molar refractivity (Wildman–Crippen MR) is 114 cm³/mol. The number of hydrogen-bond acceptors (Lipinski definition) is 6. The molecule has 1 aliphatic rings. The summed E-state index contributed by atoms with van der Waals surface area (Å²) in [6.07, 6.45) is 1.60. The van der Waals surface area contributed by atoms with E-state index in [9.17, 15) is 9.59 Å². The van der Waals surface area contributed by atoms with E-state index < -0.39 is 17.7 Å². The molecule has 3 unspecified atom stereocenters. The first-order chi connectivity index (χ1) is 13.7. The van der Waals surface area contributed by atoms with Gasteiger partial charge in [-0.15, -0.1) is 11.3 Å². The summed E-state index contributed by atoms with van der Waals surface area (Å²) in [7, 11) is 0. The Hall–Kier alpha value is -2.25. The summed E-state index contributed by atoms with van der Waals surface area (Å²) in [5.41, 5.74) is 2.23. The van der Waals surface area contributed by atoms with E-state index in [0.29, 0.717) is 11.3 Å². The first-order valence-corrected chi connectivity index (χ1v) is 10.9. The molecule has 1 saturated heterocycles. The molecule has 1 fully saturated rings. The van der Waals surface area contributed by atoms with Crippen LogP contribution in [0.5, 0.6) is 0 Å². The summed E-state index contributed by atoms with van der Waals surface area (Å²) in [4.78, 5) is 31.2. The summed E-state index contributed by atoms with van der Waals surface area (Å²) in [5.74, 6) is -0.448. The van der Waals surface area contributed by atoms with Gasteiger partial charge in [-0.2, -0.15) is 0 Å². The summed E-state index contributed by atoms with van der Waals surface area (Å²) in [5, 5.41) is 8.31. The molecule has 0 aliphatic carbocycles. The smallest absolute Gasteiger partial charge is 0.340 e. The van der Waals surface area contributed by atoms with Crippen molar-refractivity contribution in [2.75, 3.05) is 0 Å². The average molecular weight is 416 g/mol. The number of aryl methyl sites for hydroxylation is 2. The minimum atomic E-state index is -0.723. The second kappa shape index (κ2) is 8.24. The number of thiophene rings is 1. The van der Waals surface area contributed by atoms with Crippen molar-refractivity contribution in [3.05, 3.63) is 51.0 Å². The summed E-state index contributed by atoms with van der Waals surface area (Å²) in [6, 6.07) is 3.84. The van der Waals surface area contributed by atoms with Crippen LogP contribution in [0.2, 0.25) is 0 Å². The highest BCUT2D eigenvalue weighted by molar-refractivity contribution is 7.10. The molecule has 0 bridgehead atoms. The minimum Gasteiger partial charge on any atom is -0.453 e. The molecular formula is C22H29N3O3S. The van der Waals surface area contributed by atoms with Gasteiger partial charge in [0.2, 0.25) is 5.91 Å². The van der Waals surface area contributed by atoms with Crippen LogP contribution in [-0.2, 0) is 16.0 Å². The van der Waals surface area contributed by atoms with E-state index in [-0.39, 0.29) is 17.9 Å². The van der Waals surface area contributed by atoms with Gasteiger partial charge in [0.15, 0.2) is 0 Å². The number of nitrogens with one attached hydrogen (secondary N) is 2. The van der Waals surface area contributed by atoms with Crippen LogP contribution in [0, 0.1) is 12.8 Å². The predicted octanol–water partition coefficient (Wildman–Crippen LogP) is 4.06. The van der Waals surface area contributed by atoms with Gasteiger partial charge in [0.25, 0.3) is 0 Å². The molecule has 156 valence electrons. The van der Waals surface area contributed by atoms with Crippen LogP contribution in [0.25, 0.3) is 0 Å². The van der Waals surface area contributed by atoms with Gasteiger partial charge in [0, 0.05) is 11.1 Å². The molecule has 3 rings (SSSR count). The van der Waals surface area contributed by atoms with E-state index >= 15 is 0 Å². The lowest BCUT2D eigenvalue weighted by molar-refractivity contribution is -0.125. The lowest BCUT2D eigenvalue weighted by Crippen LogP contribution is -2.48. The number of rotatable bonds is 6. The van der Waals surface area contributed by atoms with Gasteiger partial charge in [-0.1, -0.05) is 20.8 Å². The molecule has 7 heteroatoms. The second-order valence-electron chi connectivity index (χ2n) is 8.11. The first kappa shape index (κ1) is 21.5. The number of esters is 1. The zero-order valence-corrected chi connectivity index (χ0v) is 18.6. The molecule has 2 aromatic heterocycles. The van der Waals surface area contributed by atoms with Gasteiger partial charge in [0.1, 0.15) is 12.3 Å². The van der Waals surface area contributed by atoms with E-state index in [1.165, 1.54) is 0 Å². The second-order valence-corrected chi connectivity index (χ2v) is 9.05. The molecule has 0 spiro atoms. The van der Waals surface area contributed by atoms with Crippen molar-refractivity contribution < 1.29 is 14.3 Å². The van der Waals surface area contributed by atoms with Gasteiger partial charge in [0.05, 0.1) is 16.8 Å². The van der Waals surface area contributed by atoms with Crippen molar-refractivity contribution in [1.29, 1.82) is 0 Å². The average Bonchev–Trinajstić information content (AvgIpc) is 3.25. The number of amides is 1. The van der Waals surface area contributed by atoms with E-state index in [4.69, 9.17) is 4.74 Å². The minimum absolute atomic E-state index is 0.0832. The fraction of sp³-hybridized carbons (Fsp3) is 0.500. The Kier molecular flexibility index (Phi) is 6.10. The zero-order chi connectivity index (χ0) is 21.3. The van der Waals surface area contributed by atoms with E-state index in [2.05, 4.69) is 15.6 Å². The highest BCUT2D eigenvalue weighted by Gasteiger charge is 2.46. The third-order valence-electron chi connectivity index (χ3n) is 5.66. The molecule has 2 N–H and O–H groups in total. The van der Waals surface area contributed by atoms with E-state index in [0.717, 1.165) is 22.4 Å².